The van der Waals surface area contributed by atoms with E-state index in [0.717, 1.165) is 0 Å². The zero-order valence-electron chi connectivity index (χ0n) is 10.3. The van der Waals surface area contributed by atoms with Crippen molar-refractivity contribution in [2.75, 3.05) is 5.32 Å². The summed E-state index contributed by atoms with van der Waals surface area (Å²) in [5.41, 5.74) is -0.134. The number of amides is 1. The molecule has 0 aliphatic carbocycles. The molecule has 1 amide bonds. The molecule has 18 heavy (non-hydrogen) atoms. The van der Waals surface area contributed by atoms with E-state index in [0.29, 0.717) is 11.4 Å². The van der Waals surface area contributed by atoms with Crippen LogP contribution < -0.4 is 5.32 Å². The molecule has 1 aromatic rings. The predicted octanol–water partition coefficient (Wildman–Crippen LogP) is 2.80. The van der Waals surface area contributed by atoms with Gasteiger partial charge in [-0.25, -0.2) is 9.78 Å². The lowest BCUT2D eigenvalue weighted by atomic mass is 10.2. The highest BCUT2D eigenvalue weighted by atomic mass is 35.5. The number of rotatable bonds is 2. The number of carbonyl (C=O) groups is 1. The summed E-state index contributed by atoms with van der Waals surface area (Å²) in [4.78, 5) is 15.4. The van der Waals surface area contributed by atoms with Crippen molar-refractivity contribution >= 4 is 28.7 Å². The molecule has 6 nitrogen and oxygen atoms in total. The highest BCUT2D eigenvalue weighted by Crippen LogP contribution is 2.11. The van der Waals surface area contributed by atoms with Gasteiger partial charge in [-0.2, -0.15) is 0 Å². The van der Waals surface area contributed by atoms with Crippen LogP contribution in [0.5, 0.6) is 0 Å². The SMILES string of the molecule is CC(C)(C)OC(=O)Nc1ccc(/C(Cl)=N/O)cn1. The Hall–Kier alpha value is -1.82. The van der Waals surface area contributed by atoms with Crippen LogP contribution in [0.2, 0.25) is 0 Å². The third kappa shape index (κ3) is 4.58. The van der Waals surface area contributed by atoms with Gasteiger partial charge >= 0.3 is 6.09 Å². The second kappa shape index (κ2) is 5.68. The van der Waals surface area contributed by atoms with Crippen molar-refractivity contribution in [3.8, 4) is 0 Å². The molecule has 0 aromatic carbocycles. The number of ether oxygens (including phenoxy) is 1. The van der Waals surface area contributed by atoms with Crippen LogP contribution in [-0.2, 0) is 4.74 Å². The van der Waals surface area contributed by atoms with Gasteiger partial charge in [-0.05, 0) is 32.9 Å². The Morgan fingerprint density at radius 3 is 2.61 bits per heavy atom. The maximum atomic E-state index is 11.4. The summed E-state index contributed by atoms with van der Waals surface area (Å²) >= 11 is 5.58. The number of pyridine rings is 1. The zero-order valence-corrected chi connectivity index (χ0v) is 11.0. The predicted molar refractivity (Wildman–Crippen MR) is 68.3 cm³/mol. The van der Waals surface area contributed by atoms with Crippen molar-refractivity contribution in [1.29, 1.82) is 0 Å². The van der Waals surface area contributed by atoms with Gasteiger partial charge in [-0.3, -0.25) is 5.32 Å². The molecule has 0 saturated carbocycles. The Morgan fingerprint density at radius 1 is 1.50 bits per heavy atom. The minimum atomic E-state index is -0.593. The molecule has 0 atom stereocenters. The fourth-order valence-electron chi connectivity index (χ4n) is 1.06. The van der Waals surface area contributed by atoms with E-state index in [4.69, 9.17) is 21.5 Å². The summed E-state index contributed by atoms with van der Waals surface area (Å²) in [5, 5.41) is 13.7. The Labute approximate surface area is 110 Å². The van der Waals surface area contributed by atoms with E-state index >= 15 is 0 Å². The van der Waals surface area contributed by atoms with E-state index in [2.05, 4.69) is 15.5 Å². The molecule has 0 saturated heterocycles. The molecule has 1 rings (SSSR count). The first-order valence-corrected chi connectivity index (χ1v) is 5.53. The number of nitrogens with one attached hydrogen (secondary N) is 1. The summed E-state index contributed by atoms with van der Waals surface area (Å²) in [5.74, 6) is 0.315. The lowest BCUT2D eigenvalue weighted by molar-refractivity contribution is 0.0635. The van der Waals surface area contributed by atoms with Crippen LogP contribution in [-0.4, -0.2) is 27.1 Å². The van der Waals surface area contributed by atoms with Crippen LogP contribution in [0.1, 0.15) is 26.3 Å². The van der Waals surface area contributed by atoms with Crippen molar-refractivity contribution in [3.63, 3.8) is 0 Å². The van der Waals surface area contributed by atoms with Gasteiger partial charge < -0.3 is 9.94 Å². The van der Waals surface area contributed by atoms with E-state index in [1.165, 1.54) is 12.3 Å². The Bertz CT molecular complexity index is 452. The van der Waals surface area contributed by atoms with Gasteiger partial charge in [0.1, 0.15) is 11.4 Å². The topological polar surface area (TPSA) is 83.8 Å². The van der Waals surface area contributed by atoms with Crippen LogP contribution in [0.4, 0.5) is 10.6 Å². The average Bonchev–Trinajstić information content (AvgIpc) is 2.26. The molecule has 1 aromatic heterocycles. The van der Waals surface area contributed by atoms with Gasteiger partial charge in [0.25, 0.3) is 0 Å². The standard InChI is InChI=1S/C11H14ClN3O3/c1-11(2,3)18-10(16)14-8-5-4-7(6-13-8)9(12)15-17/h4-6,17H,1-3H3,(H,13,14,16)/b15-9-. The number of hydrogen-bond donors (Lipinski definition) is 2. The van der Waals surface area contributed by atoms with E-state index in [1.54, 1.807) is 26.8 Å². The van der Waals surface area contributed by atoms with Gasteiger partial charge in [-0.15, -0.1) is 0 Å². The number of hydrogen-bond acceptors (Lipinski definition) is 5. The van der Waals surface area contributed by atoms with Crippen molar-refractivity contribution in [2.45, 2.75) is 26.4 Å². The number of carbonyl (C=O) groups excluding carboxylic acids is 1. The van der Waals surface area contributed by atoms with Crippen molar-refractivity contribution < 1.29 is 14.7 Å². The van der Waals surface area contributed by atoms with E-state index in [-0.39, 0.29) is 5.17 Å². The summed E-state index contributed by atoms with van der Waals surface area (Å²) < 4.78 is 5.06. The number of oxime groups is 1. The molecular weight excluding hydrogens is 258 g/mol. The number of nitrogens with zero attached hydrogens (tertiary/aromatic N) is 2. The highest BCUT2D eigenvalue weighted by Gasteiger charge is 2.16. The van der Waals surface area contributed by atoms with Crippen molar-refractivity contribution in [3.05, 3.63) is 23.9 Å². The van der Waals surface area contributed by atoms with Crippen molar-refractivity contribution in [1.82, 2.24) is 4.98 Å². The van der Waals surface area contributed by atoms with Crippen LogP contribution >= 0.6 is 11.6 Å². The molecular formula is C11H14ClN3O3. The first-order chi connectivity index (χ1) is 8.31. The summed E-state index contributed by atoms with van der Waals surface area (Å²) in [6.45, 7) is 5.29. The average molecular weight is 272 g/mol. The van der Waals surface area contributed by atoms with Gasteiger partial charge in [0.15, 0.2) is 5.17 Å². The number of aromatic nitrogens is 1. The molecule has 0 spiro atoms. The van der Waals surface area contributed by atoms with Crippen LogP contribution in [0, 0.1) is 0 Å². The first-order valence-electron chi connectivity index (χ1n) is 5.16. The largest absolute Gasteiger partial charge is 0.444 e. The Balaban J connectivity index is 2.67. The van der Waals surface area contributed by atoms with E-state index < -0.39 is 11.7 Å². The second-order valence-corrected chi connectivity index (χ2v) is 4.81. The normalized spacial score (nSPS) is 12.1. The van der Waals surface area contributed by atoms with Crippen molar-refractivity contribution in [2.24, 2.45) is 5.16 Å². The lowest BCUT2D eigenvalue weighted by Gasteiger charge is -2.19. The third-order valence-corrected chi connectivity index (χ3v) is 2.01. The molecule has 1 heterocycles. The molecule has 0 aliphatic rings. The van der Waals surface area contributed by atoms with E-state index in [1.807, 2.05) is 0 Å². The highest BCUT2D eigenvalue weighted by molar-refractivity contribution is 6.69. The van der Waals surface area contributed by atoms with Crippen LogP contribution in [0.15, 0.2) is 23.5 Å². The van der Waals surface area contributed by atoms with Gasteiger partial charge in [0, 0.05) is 11.8 Å². The molecule has 0 fully saturated rings. The molecule has 0 bridgehead atoms. The maximum Gasteiger partial charge on any atom is 0.413 e. The molecule has 0 unspecified atom stereocenters. The Morgan fingerprint density at radius 2 is 2.17 bits per heavy atom. The minimum Gasteiger partial charge on any atom is -0.444 e. The summed E-state index contributed by atoms with van der Waals surface area (Å²) in [6.07, 6.45) is 0.777. The maximum absolute atomic E-state index is 11.4. The third-order valence-electron chi connectivity index (χ3n) is 1.72. The fraction of sp³-hybridized carbons (Fsp3) is 0.364. The van der Waals surface area contributed by atoms with Gasteiger partial charge in [0.05, 0.1) is 0 Å². The Kier molecular flexibility index (Phi) is 4.49. The molecule has 2 N–H and O–H groups in total. The van der Waals surface area contributed by atoms with Crippen LogP contribution in [0.25, 0.3) is 0 Å². The van der Waals surface area contributed by atoms with Crippen LogP contribution in [0.3, 0.4) is 0 Å². The quantitative estimate of drug-likeness (QED) is 0.492. The first kappa shape index (κ1) is 14.2. The fourth-order valence-corrected chi connectivity index (χ4v) is 1.17. The smallest absolute Gasteiger partial charge is 0.413 e. The monoisotopic (exact) mass is 271 g/mol. The summed E-state index contributed by atoms with van der Waals surface area (Å²) in [7, 11) is 0. The zero-order chi connectivity index (χ0) is 13.8. The van der Waals surface area contributed by atoms with Gasteiger partial charge in [0.2, 0.25) is 0 Å². The summed E-state index contributed by atoms with van der Waals surface area (Å²) in [6, 6.07) is 3.08. The molecule has 7 heteroatoms. The van der Waals surface area contributed by atoms with Gasteiger partial charge in [-0.1, -0.05) is 16.8 Å². The minimum absolute atomic E-state index is 0.0775. The molecule has 98 valence electrons. The number of halogens is 1. The second-order valence-electron chi connectivity index (χ2n) is 4.45. The number of anilines is 1. The molecule has 0 radical (unpaired) electrons. The molecule has 0 aliphatic heterocycles. The lowest BCUT2D eigenvalue weighted by Crippen LogP contribution is -2.27. The van der Waals surface area contributed by atoms with E-state index in [9.17, 15) is 4.79 Å².